The van der Waals surface area contributed by atoms with Crippen LogP contribution in [0.5, 0.6) is 0 Å². The number of thiocarbonyl (C=S) groups is 1. The quantitative estimate of drug-likeness (QED) is 0.234. The molecule has 0 saturated carbocycles. The van der Waals surface area contributed by atoms with Crippen LogP contribution in [0.3, 0.4) is 0 Å². The Bertz CT molecular complexity index is 1100. The number of nitro groups is 1. The molecule has 1 aromatic carbocycles. The molecule has 1 fully saturated rings. The van der Waals surface area contributed by atoms with Crippen LogP contribution in [0.15, 0.2) is 39.7 Å². The van der Waals surface area contributed by atoms with Crippen molar-refractivity contribution in [1.82, 2.24) is 4.90 Å². The summed E-state index contributed by atoms with van der Waals surface area (Å²) in [5.74, 6) is -0.328. The van der Waals surface area contributed by atoms with Gasteiger partial charge >= 0.3 is 5.97 Å². The summed E-state index contributed by atoms with van der Waals surface area (Å²) < 4.78 is 5.90. The number of benzene rings is 1. The van der Waals surface area contributed by atoms with Gasteiger partial charge in [0.2, 0.25) is 0 Å². The van der Waals surface area contributed by atoms with Gasteiger partial charge in [0.15, 0.2) is 0 Å². The Hall–Kier alpha value is -2.34. The van der Waals surface area contributed by atoms with Crippen molar-refractivity contribution >= 4 is 75.3 Å². The number of halogens is 1. The number of carbonyl (C=O) groups excluding carboxylic acids is 1. The Morgan fingerprint density at radius 2 is 2.19 bits per heavy atom. The van der Waals surface area contributed by atoms with E-state index in [-0.39, 0.29) is 26.4 Å². The summed E-state index contributed by atoms with van der Waals surface area (Å²) in [7, 11) is 0. The van der Waals surface area contributed by atoms with Gasteiger partial charge in [0.25, 0.3) is 11.6 Å². The molecule has 1 amide bonds. The highest BCUT2D eigenvalue weighted by molar-refractivity contribution is 8.26. The molecule has 0 bridgehead atoms. The number of aliphatic carboxylic acids is 1. The van der Waals surface area contributed by atoms with Crippen LogP contribution in [0.1, 0.15) is 12.2 Å². The molecule has 2 heterocycles. The van der Waals surface area contributed by atoms with E-state index in [2.05, 4.69) is 0 Å². The van der Waals surface area contributed by atoms with Crippen LogP contribution >= 0.6 is 47.3 Å². The second kappa shape index (κ2) is 9.86. The fourth-order valence-electron chi connectivity index (χ4n) is 2.86. The number of furan rings is 1. The molecular formula is C19H15ClN2O6S3. The molecule has 1 aliphatic rings. The van der Waals surface area contributed by atoms with E-state index in [1.165, 1.54) is 36.0 Å². The third-order valence-electron chi connectivity index (χ3n) is 4.34. The van der Waals surface area contributed by atoms with E-state index >= 15 is 0 Å². The summed E-state index contributed by atoms with van der Waals surface area (Å²) in [6, 6.07) is 6.23. The molecule has 1 saturated heterocycles. The Morgan fingerprint density at radius 3 is 2.81 bits per heavy atom. The molecule has 1 N–H and O–H groups in total. The van der Waals surface area contributed by atoms with Gasteiger partial charge < -0.3 is 9.52 Å². The van der Waals surface area contributed by atoms with Crippen molar-refractivity contribution in [2.24, 2.45) is 0 Å². The zero-order chi connectivity index (χ0) is 22.7. The molecule has 1 aliphatic heterocycles. The summed E-state index contributed by atoms with van der Waals surface area (Å²) in [4.78, 5) is 36.1. The molecule has 3 rings (SSSR count). The molecule has 0 unspecified atom stereocenters. The number of thioether (sulfide) groups is 2. The van der Waals surface area contributed by atoms with Crippen molar-refractivity contribution in [3.05, 3.63) is 56.1 Å². The number of hydrogen-bond acceptors (Lipinski definition) is 8. The zero-order valence-electron chi connectivity index (χ0n) is 15.9. The largest absolute Gasteiger partial charge is 0.480 e. The lowest BCUT2D eigenvalue weighted by atomic mass is 10.1. The average Bonchev–Trinajstić information content (AvgIpc) is 3.27. The van der Waals surface area contributed by atoms with Crippen LogP contribution in [0.2, 0.25) is 5.02 Å². The summed E-state index contributed by atoms with van der Waals surface area (Å²) in [5, 5.41) is 20.5. The van der Waals surface area contributed by atoms with Crippen LogP contribution in [-0.2, 0) is 9.59 Å². The van der Waals surface area contributed by atoms with Crippen LogP contribution in [0.4, 0.5) is 5.69 Å². The SMILES string of the molecule is CSCC[C@@H](C(=O)O)N1C(=O)/C(=C/c2ccc(-c3ccc([N+](=O)[O-])cc3Cl)o2)SC1=S. The first-order valence-corrected chi connectivity index (χ1v) is 11.8. The maximum Gasteiger partial charge on any atom is 0.326 e. The zero-order valence-corrected chi connectivity index (χ0v) is 19.1. The lowest BCUT2D eigenvalue weighted by Crippen LogP contribution is -2.44. The first-order valence-electron chi connectivity index (χ1n) is 8.76. The van der Waals surface area contributed by atoms with Gasteiger partial charge in [-0.3, -0.25) is 19.8 Å². The molecule has 12 heteroatoms. The third-order valence-corrected chi connectivity index (χ3v) is 6.63. The summed E-state index contributed by atoms with van der Waals surface area (Å²) in [5.41, 5.74) is 0.320. The summed E-state index contributed by atoms with van der Waals surface area (Å²) in [6.45, 7) is 0. The second-order valence-electron chi connectivity index (χ2n) is 6.31. The van der Waals surface area contributed by atoms with E-state index in [1.807, 2.05) is 6.26 Å². The van der Waals surface area contributed by atoms with Crippen LogP contribution in [0, 0.1) is 10.1 Å². The molecule has 31 heavy (non-hydrogen) atoms. The summed E-state index contributed by atoms with van der Waals surface area (Å²) >= 11 is 13.9. The number of rotatable bonds is 8. The maximum atomic E-state index is 12.8. The molecule has 0 aliphatic carbocycles. The number of hydrogen-bond donors (Lipinski definition) is 1. The monoisotopic (exact) mass is 498 g/mol. The van der Waals surface area contributed by atoms with Crippen molar-refractivity contribution in [2.75, 3.05) is 12.0 Å². The fourth-order valence-corrected chi connectivity index (χ4v) is 4.93. The van der Waals surface area contributed by atoms with E-state index in [1.54, 1.807) is 12.1 Å². The molecule has 162 valence electrons. The first kappa shape index (κ1) is 23.3. The van der Waals surface area contributed by atoms with Crippen molar-refractivity contribution < 1.29 is 24.0 Å². The maximum absolute atomic E-state index is 12.8. The smallest absolute Gasteiger partial charge is 0.326 e. The van der Waals surface area contributed by atoms with Gasteiger partial charge in [-0.25, -0.2) is 4.79 Å². The van der Waals surface area contributed by atoms with Gasteiger partial charge in [-0.15, -0.1) is 0 Å². The highest BCUT2D eigenvalue weighted by atomic mass is 35.5. The topological polar surface area (TPSA) is 114 Å². The van der Waals surface area contributed by atoms with Gasteiger partial charge in [-0.05, 0) is 36.6 Å². The minimum absolute atomic E-state index is 0.140. The van der Waals surface area contributed by atoms with E-state index in [0.717, 1.165) is 16.7 Å². The standard InChI is InChI=1S/C19H15ClN2O6S3/c1-30-7-6-14(18(24)25)21-17(23)16(31-19(21)29)9-11-3-5-15(28-11)12-4-2-10(22(26)27)8-13(12)20/h2-5,8-9,14H,6-7H2,1H3,(H,24,25)/b16-9-/t14-/m0/s1. The highest BCUT2D eigenvalue weighted by Gasteiger charge is 2.40. The Labute approximate surface area is 195 Å². The predicted molar refractivity (Wildman–Crippen MR) is 125 cm³/mol. The number of nitro benzene ring substituents is 1. The van der Waals surface area contributed by atoms with E-state index in [4.69, 9.17) is 28.2 Å². The van der Waals surface area contributed by atoms with Gasteiger partial charge in [0, 0.05) is 23.8 Å². The lowest BCUT2D eigenvalue weighted by Gasteiger charge is -2.22. The van der Waals surface area contributed by atoms with Gasteiger partial charge in [0.1, 0.15) is 21.9 Å². The molecule has 2 aromatic rings. The van der Waals surface area contributed by atoms with E-state index < -0.39 is 22.8 Å². The number of carboxylic acid groups (broad SMARTS) is 1. The number of non-ortho nitro benzene ring substituents is 1. The van der Waals surface area contributed by atoms with Gasteiger partial charge in [-0.1, -0.05) is 35.6 Å². The average molecular weight is 499 g/mol. The molecule has 1 aromatic heterocycles. The molecule has 0 spiro atoms. The minimum atomic E-state index is -1.11. The van der Waals surface area contributed by atoms with Crippen molar-refractivity contribution in [3.63, 3.8) is 0 Å². The Morgan fingerprint density at radius 1 is 1.45 bits per heavy atom. The molecular weight excluding hydrogens is 484 g/mol. The predicted octanol–water partition coefficient (Wildman–Crippen LogP) is 4.92. The van der Waals surface area contributed by atoms with Gasteiger partial charge in [0.05, 0.1) is 14.9 Å². The normalized spacial score (nSPS) is 16.2. The van der Waals surface area contributed by atoms with Crippen LogP contribution in [0.25, 0.3) is 17.4 Å². The van der Waals surface area contributed by atoms with E-state index in [9.17, 15) is 24.8 Å². The molecule has 8 nitrogen and oxygen atoms in total. The Balaban J connectivity index is 1.84. The van der Waals surface area contributed by atoms with Crippen LogP contribution in [-0.4, -0.2) is 49.2 Å². The number of amides is 1. The van der Waals surface area contributed by atoms with Crippen LogP contribution < -0.4 is 0 Å². The second-order valence-corrected chi connectivity index (χ2v) is 9.38. The number of nitrogens with zero attached hydrogens (tertiary/aromatic N) is 2. The fraction of sp³-hybridized carbons (Fsp3) is 0.211. The number of carbonyl (C=O) groups is 2. The molecule has 0 radical (unpaired) electrons. The third kappa shape index (κ3) is 5.12. The lowest BCUT2D eigenvalue weighted by molar-refractivity contribution is -0.384. The molecule has 1 atom stereocenters. The number of carboxylic acids is 1. The van der Waals surface area contributed by atoms with Crippen molar-refractivity contribution in [2.45, 2.75) is 12.5 Å². The Kier molecular flexibility index (Phi) is 7.42. The summed E-state index contributed by atoms with van der Waals surface area (Å²) in [6.07, 6.45) is 3.62. The first-order chi connectivity index (χ1) is 14.7. The minimum Gasteiger partial charge on any atom is -0.480 e. The van der Waals surface area contributed by atoms with Crippen molar-refractivity contribution in [3.8, 4) is 11.3 Å². The van der Waals surface area contributed by atoms with Gasteiger partial charge in [-0.2, -0.15) is 11.8 Å². The van der Waals surface area contributed by atoms with E-state index in [0.29, 0.717) is 22.8 Å². The van der Waals surface area contributed by atoms with Crippen molar-refractivity contribution in [1.29, 1.82) is 0 Å². The highest BCUT2D eigenvalue weighted by Crippen LogP contribution is 2.37.